The molecular weight excluding hydrogens is 220 g/mol. The van der Waals surface area contributed by atoms with Crippen LogP contribution in [0.4, 0.5) is 0 Å². The number of hydrogen-bond acceptors (Lipinski definition) is 3. The van der Waals surface area contributed by atoms with Crippen LogP contribution in [-0.4, -0.2) is 37.5 Å². The van der Waals surface area contributed by atoms with Gasteiger partial charge < -0.3 is 4.74 Å². The first kappa shape index (κ1) is 11.9. The van der Waals surface area contributed by atoms with Crippen molar-refractivity contribution in [2.45, 2.75) is 18.6 Å². The second kappa shape index (κ2) is 6.35. The molecule has 1 fully saturated rings. The van der Waals surface area contributed by atoms with E-state index in [-0.39, 0.29) is 5.25 Å². The molecule has 0 aromatic rings. The monoisotopic (exact) mass is 236 g/mol. The molecule has 1 aliphatic heterocycles. The highest BCUT2D eigenvalue weighted by Gasteiger charge is 2.24. The number of ether oxygens (including phenoxy) is 1. The smallest absolute Gasteiger partial charge is 0.0884 e. The van der Waals surface area contributed by atoms with Gasteiger partial charge in [0.25, 0.3) is 0 Å². The lowest BCUT2D eigenvalue weighted by Crippen LogP contribution is -2.34. The first-order valence-electron chi connectivity index (χ1n) is 4.69. The molecule has 0 bridgehead atoms. The molecule has 1 rings (SSSR count). The minimum Gasteiger partial charge on any atom is -0.501 e. The molecule has 0 radical (unpaired) electrons. The van der Waals surface area contributed by atoms with E-state index in [1.807, 2.05) is 13.0 Å². The Bertz CT molecular complexity index is 250. The van der Waals surface area contributed by atoms with Gasteiger partial charge in [0.15, 0.2) is 0 Å². The van der Waals surface area contributed by atoms with Crippen LogP contribution in [0.1, 0.15) is 13.3 Å². The van der Waals surface area contributed by atoms with Crippen molar-refractivity contribution >= 4 is 21.6 Å². The minimum atomic E-state index is -0.801. The van der Waals surface area contributed by atoms with E-state index < -0.39 is 21.6 Å². The lowest BCUT2D eigenvalue weighted by molar-refractivity contribution is 0.244. The highest BCUT2D eigenvalue weighted by Crippen LogP contribution is 2.11. The van der Waals surface area contributed by atoms with Gasteiger partial charge in [-0.3, -0.25) is 8.42 Å². The standard InChI is InChI=1S/C9H16O3S2/c1-2-4-12-5-3-9-8-13(10)6-7-14(9)11/h2,4,9H,3,5-8H2,1H3/b4-2+. The fourth-order valence-corrected chi connectivity index (χ4v) is 5.19. The molecule has 1 heterocycles. The van der Waals surface area contributed by atoms with Gasteiger partial charge in [-0.05, 0) is 13.3 Å². The van der Waals surface area contributed by atoms with Gasteiger partial charge in [-0.15, -0.1) is 0 Å². The molecule has 0 aliphatic carbocycles. The van der Waals surface area contributed by atoms with E-state index in [2.05, 4.69) is 0 Å². The minimum absolute atomic E-state index is 0.0647. The zero-order valence-corrected chi connectivity index (χ0v) is 9.94. The average molecular weight is 236 g/mol. The highest BCUT2D eigenvalue weighted by molar-refractivity contribution is 7.92. The molecule has 3 atom stereocenters. The van der Waals surface area contributed by atoms with E-state index in [1.54, 1.807) is 6.26 Å². The summed E-state index contributed by atoms with van der Waals surface area (Å²) in [5.41, 5.74) is 0. The van der Waals surface area contributed by atoms with Crippen LogP contribution in [0.3, 0.4) is 0 Å². The van der Waals surface area contributed by atoms with Crippen LogP contribution in [0, 0.1) is 0 Å². The summed E-state index contributed by atoms with van der Waals surface area (Å²) in [6.45, 7) is 2.45. The Kier molecular flexibility index (Phi) is 5.40. The van der Waals surface area contributed by atoms with Crippen LogP contribution in [0.15, 0.2) is 12.3 Å². The number of hydrogen-bond donors (Lipinski definition) is 0. The van der Waals surface area contributed by atoms with Crippen LogP contribution in [0.5, 0.6) is 0 Å². The third-order valence-electron chi connectivity index (χ3n) is 2.05. The lowest BCUT2D eigenvalue weighted by Gasteiger charge is -2.20. The summed E-state index contributed by atoms with van der Waals surface area (Å²) in [6.07, 6.45) is 4.18. The van der Waals surface area contributed by atoms with Gasteiger partial charge in [-0.25, -0.2) is 0 Å². The molecule has 3 nitrogen and oxygen atoms in total. The molecule has 0 spiro atoms. The summed E-state index contributed by atoms with van der Waals surface area (Å²) < 4.78 is 27.9. The maximum Gasteiger partial charge on any atom is 0.0884 e. The van der Waals surface area contributed by atoms with Crippen LogP contribution >= 0.6 is 0 Å². The zero-order valence-electron chi connectivity index (χ0n) is 8.31. The van der Waals surface area contributed by atoms with Gasteiger partial charge in [-0.1, -0.05) is 6.08 Å². The summed E-state index contributed by atoms with van der Waals surface area (Å²) in [7, 11) is -1.57. The van der Waals surface area contributed by atoms with E-state index >= 15 is 0 Å². The van der Waals surface area contributed by atoms with Crippen molar-refractivity contribution in [2.75, 3.05) is 23.9 Å². The molecule has 5 heteroatoms. The van der Waals surface area contributed by atoms with Crippen LogP contribution in [0.25, 0.3) is 0 Å². The normalized spacial score (nSPS) is 33.4. The van der Waals surface area contributed by atoms with E-state index in [9.17, 15) is 8.42 Å². The van der Waals surface area contributed by atoms with Crippen molar-refractivity contribution in [3.05, 3.63) is 12.3 Å². The largest absolute Gasteiger partial charge is 0.501 e. The SMILES string of the molecule is C/C=C/OCCC1CS(=O)CCS1=O. The Morgan fingerprint density at radius 3 is 2.93 bits per heavy atom. The third kappa shape index (κ3) is 3.92. The van der Waals surface area contributed by atoms with Gasteiger partial charge in [0.2, 0.25) is 0 Å². The lowest BCUT2D eigenvalue weighted by atomic mass is 10.3. The van der Waals surface area contributed by atoms with E-state index in [0.717, 1.165) is 6.42 Å². The number of rotatable bonds is 4. The zero-order chi connectivity index (χ0) is 10.4. The predicted molar refractivity (Wildman–Crippen MR) is 60.1 cm³/mol. The Balaban J connectivity index is 2.27. The van der Waals surface area contributed by atoms with Crippen molar-refractivity contribution in [1.82, 2.24) is 0 Å². The molecule has 0 saturated carbocycles. The topological polar surface area (TPSA) is 43.4 Å². The molecule has 0 aromatic carbocycles. The molecule has 14 heavy (non-hydrogen) atoms. The van der Waals surface area contributed by atoms with Gasteiger partial charge in [-0.2, -0.15) is 0 Å². The molecule has 0 N–H and O–H groups in total. The maximum atomic E-state index is 11.5. The molecular formula is C9H16O3S2. The van der Waals surface area contributed by atoms with E-state index in [0.29, 0.717) is 23.9 Å². The molecule has 0 amide bonds. The van der Waals surface area contributed by atoms with Gasteiger partial charge in [0, 0.05) is 44.1 Å². The quantitative estimate of drug-likeness (QED) is 0.536. The van der Waals surface area contributed by atoms with Crippen molar-refractivity contribution < 1.29 is 13.2 Å². The van der Waals surface area contributed by atoms with E-state index in [1.165, 1.54) is 0 Å². The summed E-state index contributed by atoms with van der Waals surface area (Å²) in [6, 6.07) is 0. The highest BCUT2D eigenvalue weighted by atomic mass is 32.2. The van der Waals surface area contributed by atoms with Crippen LogP contribution < -0.4 is 0 Å². The molecule has 1 aliphatic rings. The second-order valence-electron chi connectivity index (χ2n) is 3.15. The number of allylic oxidation sites excluding steroid dienone is 1. The van der Waals surface area contributed by atoms with Crippen molar-refractivity contribution in [2.24, 2.45) is 0 Å². The first-order valence-corrected chi connectivity index (χ1v) is 7.56. The summed E-state index contributed by atoms with van der Waals surface area (Å²) in [5.74, 6) is 1.76. The van der Waals surface area contributed by atoms with Crippen LogP contribution in [0.2, 0.25) is 0 Å². The van der Waals surface area contributed by atoms with Crippen LogP contribution in [-0.2, 0) is 26.3 Å². The molecule has 0 aromatic heterocycles. The fourth-order valence-electron chi connectivity index (χ4n) is 1.29. The first-order chi connectivity index (χ1) is 6.74. The van der Waals surface area contributed by atoms with Gasteiger partial charge >= 0.3 is 0 Å². The second-order valence-corrected chi connectivity index (χ2v) is 6.60. The fraction of sp³-hybridized carbons (Fsp3) is 0.778. The molecule has 3 unspecified atom stereocenters. The Hall–Kier alpha value is -0.160. The molecule has 1 saturated heterocycles. The Labute approximate surface area is 89.8 Å². The van der Waals surface area contributed by atoms with Gasteiger partial charge in [0.1, 0.15) is 0 Å². The summed E-state index contributed by atoms with van der Waals surface area (Å²) in [5, 5.41) is 0.0647. The predicted octanol–water partition coefficient (Wildman–Crippen LogP) is 0.806. The Morgan fingerprint density at radius 1 is 1.43 bits per heavy atom. The van der Waals surface area contributed by atoms with Crippen molar-refractivity contribution in [1.29, 1.82) is 0 Å². The summed E-state index contributed by atoms with van der Waals surface area (Å²) >= 11 is 0. The summed E-state index contributed by atoms with van der Waals surface area (Å²) in [4.78, 5) is 0. The third-order valence-corrected chi connectivity index (χ3v) is 5.70. The Morgan fingerprint density at radius 2 is 2.21 bits per heavy atom. The van der Waals surface area contributed by atoms with Crippen molar-refractivity contribution in [3.8, 4) is 0 Å². The van der Waals surface area contributed by atoms with E-state index in [4.69, 9.17) is 4.74 Å². The molecule has 82 valence electrons. The van der Waals surface area contributed by atoms with Gasteiger partial charge in [0.05, 0.1) is 12.9 Å². The average Bonchev–Trinajstić information content (AvgIpc) is 2.18. The van der Waals surface area contributed by atoms with Crippen molar-refractivity contribution in [3.63, 3.8) is 0 Å². The maximum absolute atomic E-state index is 11.5.